The van der Waals surface area contributed by atoms with Crippen LogP contribution in [0.3, 0.4) is 0 Å². The van der Waals surface area contributed by atoms with Crippen molar-refractivity contribution in [2.75, 3.05) is 26.2 Å². The minimum atomic E-state index is 0. The summed E-state index contributed by atoms with van der Waals surface area (Å²) in [4.78, 5) is 0. The molecule has 0 aliphatic rings. The maximum atomic E-state index is 8.93. The molecule has 0 atom stereocenters. The largest absolute Gasteiger partial charge is 0.855 e. The van der Waals surface area contributed by atoms with Gasteiger partial charge in [-0.1, -0.05) is 37.3 Å². The molecule has 0 saturated heterocycles. The van der Waals surface area contributed by atoms with Gasteiger partial charge in [-0.15, -0.1) is 6.61 Å². The van der Waals surface area contributed by atoms with Gasteiger partial charge in [0.25, 0.3) is 0 Å². The summed E-state index contributed by atoms with van der Waals surface area (Å²) >= 11 is 0. The van der Waals surface area contributed by atoms with Crippen molar-refractivity contribution in [3.8, 4) is 0 Å². The molecule has 17 heavy (non-hydrogen) atoms. The van der Waals surface area contributed by atoms with E-state index < -0.39 is 0 Å². The van der Waals surface area contributed by atoms with Gasteiger partial charge in [0.2, 0.25) is 0 Å². The molecule has 0 aliphatic carbocycles. The van der Waals surface area contributed by atoms with E-state index in [0.29, 0.717) is 0 Å². The van der Waals surface area contributed by atoms with Crippen molar-refractivity contribution in [1.29, 1.82) is 0 Å². The van der Waals surface area contributed by atoms with Gasteiger partial charge < -0.3 is 9.59 Å². The van der Waals surface area contributed by atoms with Gasteiger partial charge >= 0.3 is 0 Å². The molecule has 1 rings (SSSR count). The van der Waals surface area contributed by atoms with E-state index in [1.165, 1.54) is 36.2 Å². The molecular formula is C15H27NO. The topological polar surface area (TPSA) is 23.1 Å². The predicted octanol–water partition coefficient (Wildman–Crippen LogP) is 2.43. The van der Waals surface area contributed by atoms with Crippen molar-refractivity contribution < 1.29 is 9.59 Å². The van der Waals surface area contributed by atoms with Crippen molar-refractivity contribution in [2.24, 2.45) is 0 Å². The third-order valence-corrected chi connectivity index (χ3v) is 3.37. The van der Waals surface area contributed by atoms with Crippen LogP contribution in [0.2, 0.25) is 0 Å². The molecule has 2 nitrogen and oxygen atoms in total. The van der Waals surface area contributed by atoms with Gasteiger partial charge in [0.05, 0.1) is 19.6 Å². The Kier molecular flexibility index (Phi) is 8.73. The SMILES string of the molecule is CC[N+](CC)(CC)Cc1ccccc1.CC[O-]. The van der Waals surface area contributed by atoms with Crippen LogP contribution in [0.5, 0.6) is 0 Å². The van der Waals surface area contributed by atoms with Crippen LogP contribution in [0.4, 0.5) is 0 Å². The third kappa shape index (κ3) is 5.85. The molecule has 0 amide bonds. The average Bonchev–Trinajstić information content (AvgIpc) is 2.38. The van der Waals surface area contributed by atoms with Crippen LogP contribution >= 0.6 is 0 Å². The van der Waals surface area contributed by atoms with Gasteiger partial charge in [-0.25, -0.2) is 0 Å². The van der Waals surface area contributed by atoms with Gasteiger partial charge in [-0.05, 0) is 20.8 Å². The lowest BCUT2D eigenvalue weighted by molar-refractivity contribution is -0.936. The lowest BCUT2D eigenvalue weighted by Gasteiger charge is -2.35. The molecular weight excluding hydrogens is 210 g/mol. The van der Waals surface area contributed by atoms with Crippen molar-refractivity contribution >= 4 is 0 Å². The van der Waals surface area contributed by atoms with Gasteiger partial charge in [0.1, 0.15) is 6.54 Å². The Morgan fingerprint density at radius 3 is 1.65 bits per heavy atom. The summed E-state index contributed by atoms with van der Waals surface area (Å²) in [6.07, 6.45) is 0. The van der Waals surface area contributed by atoms with E-state index in [1.807, 2.05) is 0 Å². The second-order valence-corrected chi connectivity index (χ2v) is 4.22. The highest BCUT2D eigenvalue weighted by Gasteiger charge is 2.20. The fourth-order valence-corrected chi connectivity index (χ4v) is 1.98. The standard InChI is InChI=1S/C13H22N.C2H5O/c1-4-14(5-2,6-3)12-13-10-8-7-9-11-13;1-2-3/h7-11H,4-6,12H2,1-3H3;2H2,1H3/q+1;-1. The Labute approximate surface area is 106 Å². The molecule has 0 radical (unpaired) electrons. The summed E-state index contributed by atoms with van der Waals surface area (Å²) in [5.41, 5.74) is 1.46. The molecule has 0 saturated carbocycles. The summed E-state index contributed by atoms with van der Waals surface area (Å²) in [5.74, 6) is 0. The number of benzene rings is 1. The van der Waals surface area contributed by atoms with E-state index >= 15 is 0 Å². The maximum Gasteiger partial charge on any atom is 0.104 e. The molecule has 0 N–H and O–H groups in total. The van der Waals surface area contributed by atoms with E-state index in [1.54, 1.807) is 6.92 Å². The van der Waals surface area contributed by atoms with Crippen LogP contribution in [0.1, 0.15) is 33.3 Å². The van der Waals surface area contributed by atoms with Gasteiger partial charge in [0.15, 0.2) is 0 Å². The first-order valence-corrected chi connectivity index (χ1v) is 6.65. The second kappa shape index (κ2) is 9.20. The number of rotatable bonds is 5. The number of nitrogens with zero attached hydrogens (tertiary/aromatic N) is 1. The summed E-state index contributed by atoms with van der Waals surface area (Å²) in [7, 11) is 0. The third-order valence-electron chi connectivity index (χ3n) is 3.37. The molecule has 0 heterocycles. The van der Waals surface area contributed by atoms with Gasteiger partial charge in [-0.2, -0.15) is 0 Å². The van der Waals surface area contributed by atoms with E-state index in [2.05, 4.69) is 51.1 Å². The minimum Gasteiger partial charge on any atom is -0.855 e. The summed E-state index contributed by atoms with van der Waals surface area (Å²) in [5, 5.41) is 8.93. The molecule has 0 fully saturated rings. The van der Waals surface area contributed by atoms with E-state index in [0.717, 1.165) is 0 Å². The van der Waals surface area contributed by atoms with Crippen molar-refractivity contribution in [3.63, 3.8) is 0 Å². The summed E-state index contributed by atoms with van der Waals surface area (Å²) in [6, 6.07) is 10.8. The van der Waals surface area contributed by atoms with Gasteiger partial charge in [-0.3, -0.25) is 0 Å². The normalized spacial score (nSPS) is 10.6. The molecule has 98 valence electrons. The maximum absolute atomic E-state index is 8.93. The second-order valence-electron chi connectivity index (χ2n) is 4.22. The highest BCUT2D eigenvalue weighted by Crippen LogP contribution is 2.13. The zero-order chi connectivity index (χ0) is 13.1. The Balaban J connectivity index is 0.000000770. The van der Waals surface area contributed by atoms with Crippen molar-refractivity contribution in [2.45, 2.75) is 34.2 Å². The van der Waals surface area contributed by atoms with Crippen LogP contribution in [0.25, 0.3) is 0 Å². The zero-order valence-corrected chi connectivity index (χ0v) is 11.8. The Morgan fingerprint density at radius 2 is 1.29 bits per heavy atom. The molecule has 1 aromatic rings. The van der Waals surface area contributed by atoms with Crippen LogP contribution in [0, 0.1) is 0 Å². The molecule has 1 aromatic carbocycles. The van der Waals surface area contributed by atoms with E-state index in [-0.39, 0.29) is 6.61 Å². The van der Waals surface area contributed by atoms with Crippen LogP contribution < -0.4 is 5.11 Å². The number of hydrogen-bond donors (Lipinski definition) is 0. The van der Waals surface area contributed by atoms with Crippen LogP contribution in [0.15, 0.2) is 30.3 Å². The molecule has 0 aliphatic heterocycles. The molecule has 0 unspecified atom stereocenters. The van der Waals surface area contributed by atoms with E-state index in [9.17, 15) is 0 Å². The highest BCUT2D eigenvalue weighted by atomic mass is 16.2. The fraction of sp³-hybridized carbons (Fsp3) is 0.600. The molecule has 2 heteroatoms. The van der Waals surface area contributed by atoms with Crippen molar-refractivity contribution in [3.05, 3.63) is 35.9 Å². The number of hydrogen-bond acceptors (Lipinski definition) is 1. The quantitative estimate of drug-likeness (QED) is 0.721. The first kappa shape index (κ1) is 16.1. The van der Waals surface area contributed by atoms with Crippen LogP contribution in [-0.2, 0) is 6.54 Å². The average molecular weight is 237 g/mol. The Hall–Kier alpha value is -0.860. The Bertz CT molecular complexity index is 259. The first-order valence-electron chi connectivity index (χ1n) is 6.65. The van der Waals surface area contributed by atoms with Crippen molar-refractivity contribution in [1.82, 2.24) is 0 Å². The van der Waals surface area contributed by atoms with Gasteiger partial charge in [0, 0.05) is 5.56 Å². The highest BCUT2D eigenvalue weighted by molar-refractivity contribution is 5.13. The lowest BCUT2D eigenvalue weighted by Crippen LogP contribution is -2.46. The zero-order valence-electron chi connectivity index (χ0n) is 11.8. The van der Waals surface area contributed by atoms with E-state index in [4.69, 9.17) is 5.11 Å². The predicted molar refractivity (Wildman–Crippen MR) is 72.6 cm³/mol. The summed E-state index contributed by atoms with van der Waals surface area (Å²) in [6.45, 7) is 13.3. The monoisotopic (exact) mass is 237 g/mol. The number of quaternary nitrogens is 1. The molecule has 0 aromatic heterocycles. The molecule has 0 spiro atoms. The fourth-order valence-electron chi connectivity index (χ4n) is 1.98. The lowest BCUT2D eigenvalue weighted by atomic mass is 10.2. The summed E-state index contributed by atoms with van der Waals surface area (Å²) < 4.78 is 1.20. The smallest absolute Gasteiger partial charge is 0.104 e. The molecule has 0 bridgehead atoms. The minimum absolute atomic E-state index is 0. The first-order chi connectivity index (χ1) is 8.17. The van der Waals surface area contributed by atoms with Crippen LogP contribution in [-0.4, -0.2) is 30.7 Å². The Morgan fingerprint density at radius 1 is 0.882 bits per heavy atom.